The Labute approximate surface area is 83.9 Å². The van der Waals surface area contributed by atoms with E-state index in [4.69, 9.17) is 4.74 Å². The quantitative estimate of drug-likeness (QED) is 0.636. The van der Waals surface area contributed by atoms with Crippen molar-refractivity contribution in [2.75, 3.05) is 7.11 Å². The molecule has 0 aromatic heterocycles. The summed E-state index contributed by atoms with van der Waals surface area (Å²) in [4.78, 5) is 11.5. The lowest BCUT2D eigenvalue weighted by atomic mass is 10.0. The zero-order valence-electron chi connectivity index (χ0n) is 8.49. The summed E-state index contributed by atoms with van der Waals surface area (Å²) in [6, 6.07) is 8.13. The van der Waals surface area contributed by atoms with Crippen LogP contribution in [0, 0.1) is 0 Å². The number of hydrogen-bond acceptors (Lipinski definition) is 2. The Balaban J connectivity index is 2.39. The van der Waals surface area contributed by atoms with Gasteiger partial charge in [0.05, 0.1) is 13.0 Å². The third-order valence-electron chi connectivity index (χ3n) is 2.98. The minimum Gasteiger partial charge on any atom is -0.469 e. The first-order valence-electron chi connectivity index (χ1n) is 4.90. The van der Waals surface area contributed by atoms with Gasteiger partial charge in [-0.3, -0.25) is 4.79 Å². The largest absolute Gasteiger partial charge is 0.469 e. The molecule has 74 valence electrons. The highest BCUT2D eigenvalue weighted by molar-refractivity contribution is 5.80. The Kier molecular flexibility index (Phi) is 2.28. The highest BCUT2D eigenvalue weighted by atomic mass is 16.5. The van der Waals surface area contributed by atoms with Crippen molar-refractivity contribution in [1.82, 2.24) is 0 Å². The van der Waals surface area contributed by atoms with Crippen molar-refractivity contribution in [2.24, 2.45) is 0 Å². The Morgan fingerprint density at radius 2 is 2.00 bits per heavy atom. The number of benzene rings is 1. The van der Waals surface area contributed by atoms with Gasteiger partial charge in [0, 0.05) is 0 Å². The predicted molar refractivity (Wildman–Crippen MR) is 54.2 cm³/mol. The van der Waals surface area contributed by atoms with Crippen molar-refractivity contribution >= 4 is 5.97 Å². The van der Waals surface area contributed by atoms with Crippen LogP contribution in [-0.2, 0) is 9.53 Å². The molecule has 2 atom stereocenters. The summed E-state index contributed by atoms with van der Waals surface area (Å²) in [5.74, 6) is 0.309. The highest BCUT2D eigenvalue weighted by Gasteiger charge is 2.33. The summed E-state index contributed by atoms with van der Waals surface area (Å²) in [6.07, 6.45) is 0.881. The van der Waals surface area contributed by atoms with E-state index in [2.05, 4.69) is 13.0 Å². The first kappa shape index (κ1) is 9.25. The molecule has 1 aliphatic rings. The standard InChI is InChI=1S/C12H14O2/c1-8-7-11(12(13)14-2)10-6-4-3-5-9(8)10/h3-6,8,11H,7H2,1-2H3/t8-,11-/m1/s1. The van der Waals surface area contributed by atoms with Gasteiger partial charge in [0.2, 0.25) is 0 Å². The van der Waals surface area contributed by atoms with Gasteiger partial charge in [0.25, 0.3) is 0 Å². The summed E-state index contributed by atoms with van der Waals surface area (Å²) < 4.78 is 4.80. The molecule has 1 aromatic carbocycles. The summed E-state index contributed by atoms with van der Waals surface area (Å²) >= 11 is 0. The fraction of sp³-hybridized carbons (Fsp3) is 0.417. The third-order valence-corrected chi connectivity index (χ3v) is 2.98. The molecule has 2 rings (SSSR count). The molecule has 0 unspecified atom stereocenters. The van der Waals surface area contributed by atoms with Gasteiger partial charge in [-0.25, -0.2) is 0 Å². The second-order valence-electron chi connectivity index (χ2n) is 3.84. The Morgan fingerprint density at radius 1 is 1.36 bits per heavy atom. The van der Waals surface area contributed by atoms with E-state index < -0.39 is 0 Å². The van der Waals surface area contributed by atoms with Crippen molar-refractivity contribution in [2.45, 2.75) is 25.2 Å². The van der Waals surface area contributed by atoms with E-state index in [0.717, 1.165) is 12.0 Å². The Morgan fingerprint density at radius 3 is 2.64 bits per heavy atom. The molecule has 1 aliphatic carbocycles. The molecular formula is C12H14O2. The number of esters is 1. The Hall–Kier alpha value is -1.31. The molecule has 0 heterocycles. The first-order valence-corrected chi connectivity index (χ1v) is 4.90. The van der Waals surface area contributed by atoms with Gasteiger partial charge in [0.15, 0.2) is 0 Å². The van der Waals surface area contributed by atoms with E-state index in [0.29, 0.717) is 5.92 Å². The zero-order valence-corrected chi connectivity index (χ0v) is 8.49. The monoisotopic (exact) mass is 190 g/mol. The normalized spacial score (nSPS) is 24.4. The smallest absolute Gasteiger partial charge is 0.313 e. The lowest BCUT2D eigenvalue weighted by molar-refractivity contribution is -0.142. The lowest BCUT2D eigenvalue weighted by Gasteiger charge is -2.07. The topological polar surface area (TPSA) is 26.3 Å². The van der Waals surface area contributed by atoms with E-state index in [-0.39, 0.29) is 11.9 Å². The minimum atomic E-state index is -0.109. The van der Waals surface area contributed by atoms with Crippen molar-refractivity contribution in [3.63, 3.8) is 0 Å². The van der Waals surface area contributed by atoms with E-state index >= 15 is 0 Å². The number of carbonyl (C=O) groups excluding carboxylic acids is 1. The van der Waals surface area contributed by atoms with E-state index in [9.17, 15) is 4.79 Å². The molecule has 1 aromatic rings. The van der Waals surface area contributed by atoms with Crippen LogP contribution in [0.1, 0.15) is 36.3 Å². The molecule has 14 heavy (non-hydrogen) atoms. The van der Waals surface area contributed by atoms with Crippen LogP contribution in [0.5, 0.6) is 0 Å². The maximum atomic E-state index is 11.5. The van der Waals surface area contributed by atoms with Gasteiger partial charge >= 0.3 is 5.97 Å². The van der Waals surface area contributed by atoms with Crippen molar-refractivity contribution in [1.29, 1.82) is 0 Å². The minimum absolute atomic E-state index is 0.0498. The number of carbonyl (C=O) groups is 1. The molecule has 0 aliphatic heterocycles. The van der Waals surface area contributed by atoms with Gasteiger partial charge in [-0.2, -0.15) is 0 Å². The molecule has 2 heteroatoms. The maximum Gasteiger partial charge on any atom is 0.313 e. The van der Waals surface area contributed by atoms with E-state index in [1.165, 1.54) is 12.7 Å². The van der Waals surface area contributed by atoms with Crippen LogP contribution in [0.2, 0.25) is 0 Å². The van der Waals surface area contributed by atoms with Crippen molar-refractivity contribution in [3.8, 4) is 0 Å². The maximum absolute atomic E-state index is 11.5. The number of rotatable bonds is 1. The van der Waals surface area contributed by atoms with Crippen LogP contribution in [0.4, 0.5) is 0 Å². The summed E-state index contributed by atoms with van der Waals surface area (Å²) in [7, 11) is 1.45. The molecule has 0 N–H and O–H groups in total. The summed E-state index contributed by atoms with van der Waals surface area (Å²) in [6.45, 7) is 2.15. The van der Waals surface area contributed by atoms with Crippen LogP contribution in [0.25, 0.3) is 0 Å². The number of hydrogen-bond donors (Lipinski definition) is 0. The molecule has 0 fully saturated rings. The SMILES string of the molecule is COC(=O)[C@@H]1C[C@@H](C)c2ccccc21. The zero-order chi connectivity index (χ0) is 10.1. The van der Waals surface area contributed by atoms with Gasteiger partial charge in [0.1, 0.15) is 0 Å². The molecule has 0 saturated heterocycles. The fourth-order valence-electron chi connectivity index (χ4n) is 2.25. The molecule has 0 bridgehead atoms. The number of ether oxygens (including phenoxy) is 1. The molecule has 0 saturated carbocycles. The molecule has 0 radical (unpaired) electrons. The lowest BCUT2D eigenvalue weighted by Crippen LogP contribution is -2.11. The van der Waals surface area contributed by atoms with E-state index in [1.54, 1.807) is 0 Å². The summed E-state index contributed by atoms with van der Waals surface area (Å²) in [5.41, 5.74) is 2.44. The third kappa shape index (κ3) is 1.31. The average molecular weight is 190 g/mol. The number of fused-ring (bicyclic) bond motifs is 1. The van der Waals surface area contributed by atoms with Crippen LogP contribution in [0.3, 0.4) is 0 Å². The number of methoxy groups -OCH3 is 1. The molecule has 0 amide bonds. The second kappa shape index (κ2) is 3.45. The second-order valence-corrected chi connectivity index (χ2v) is 3.84. The molecule has 2 nitrogen and oxygen atoms in total. The summed E-state index contributed by atoms with van der Waals surface area (Å²) in [5, 5.41) is 0. The first-order chi connectivity index (χ1) is 6.74. The van der Waals surface area contributed by atoms with Gasteiger partial charge in [-0.1, -0.05) is 31.2 Å². The fourth-order valence-corrected chi connectivity index (χ4v) is 2.25. The van der Waals surface area contributed by atoms with Crippen LogP contribution < -0.4 is 0 Å². The Bertz CT molecular complexity index is 357. The van der Waals surface area contributed by atoms with Crippen LogP contribution >= 0.6 is 0 Å². The van der Waals surface area contributed by atoms with Crippen LogP contribution in [-0.4, -0.2) is 13.1 Å². The molecular weight excluding hydrogens is 176 g/mol. The predicted octanol–water partition coefficient (Wildman–Crippen LogP) is 2.45. The average Bonchev–Trinajstić information content (AvgIpc) is 2.56. The van der Waals surface area contributed by atoms with Gasteiger partial charge in [-0.05, 0) is 23.5 Å². The van der Waals surface area contributed by atoms with E-state index in [1.807, 2.05) is 18.2 Å². The van der Waals surface area contributed by atoms with Crippen LogP contribution in [0.15, 0.2) is 24.3 Å². The molecule has 0 spiro atoms. The van der Waals surface area contributed by atoms with Gasteiger partial charge in [-0.15, -0.1) is 0 Å². The highest BCUT2D eigenvalue weighted by Crippen LogP contribution is 2.41. The van der Waals surface area contributed by atoms with Crippen molar-refractivity contribution in [3.05, 3.63) is 35.4 Å². The van der Waals surface area contributed by atoms with Gasteiger partial charge < -0.3 is 4.74 Å². The van der Waals surface area contributed by atoms with Crippen molar-refractivity contribution < 1.29 is 9.53 Å².